The first kappa shape index (κ1) is 14.7. The molecule has 1 N–H and O–H groups in total. The molecule has 0 saturated carbocycles. The van der Waals surface area contributed by atoms with Crippen molar-refractivity contribution >= 4 is 31.9 Å². The molecule has 4 heteroatoms. The van der Waals surface area contributed by atoms with Crippen LogP contribution in [0, 0.1) is 0 Å². The first-order valence-corrected chi connectivity index (χ1v) is 7.38. The molecule has 0 amide bonds. The van der Waals surface area contributed by atoms with Gasteiger partial charge >= 0.3 is 0 Å². The number of ether oxygens (including phenoxy) is 1. The molecule has 100 valence electrons. The van der Waals surface area contributed by atoms with Crippen molar-refractivity contribution in [3.63, 3.8) is 0 Å². The zero-order valence-electron chi connectivity index (χ0n) is 10.4. The minimum Gasteiger partial charge on any atom is -0.381 e. The van der Waals surface area contributed by atoms with Crippen molar-refractivity contribution in [1.29, 1.82) is 0 Å². The summed E-state index contributed by atoms with van der Waals surface area (Å²) >= 11 is 6.80. The number of aliphatic hydroxyl groups is 1. The SMILES string of the molecule is COCC(O)(c1ccc(Br)cc1)c1ccc(Br)cc1. The molecule has 0 fully saturated rings. The number of rotatable bonds is 4. The van der Waals surface area contributed by atoms with E-state index in [1.807, 2.05) is 48.5 Å². The highest BCUT2D eigenvalue weighted by atomic mass is 79.9. The minimum atomic E-state index is -1.14. The molecule has 0 heterocycles. The normalized spacial score (nSPS) is 11.6. The third-order valence-corrected chi connectivity index (χ3v) is 4.05. The predicted octanol–water partition coefficient (Wildman–Crippen LogP) is 4.09. The van der Waals surface area contributed by atoms with Crippen molar-refractivity contribution in [2.24, 2.45) is 0 Å². The van der Waals surface area contributed by atoms with Crippen molar-refractivity contribution in [2.45, 2.75) is 5.60 Å². The van der Waals surface area contributed by atoms with Crippen LogP contribution >= 0.6 is 31.9 Å². The molecule has 0 bridgehead atoms. The smallest absolute Gasteiger partial charge is 0.138 e. The molecule has 0 aromatic heterocycles. The highest BCUT2D eigenvalue weighted by Gasteiger charge is 2.31. The molecular weight excluding hydrogens is 372 g/mol. The predicted molar refractivity (Wildman–Crippen MR) is 83.2 cm³/mol. The lowest BCUT2D eigenvalue weighted by Crippen LogP contribution is -2.32. The first-order chi connectivity index (χ1) is 9.06. The van der Waals surface area contributed by atoms with E-state index in [2.05, 4.69) is 31.9 Å². The van der Waals surface area contributed by atoms with Gasteiger partial charge in [-0.2, -0.15) is 0 Å². The van der Waals surface area contributed by atoms with E-state index >= 15 is 0 Å². The second-order valence-corrected chi connectivity index (χ2v) is 6.14. The fourth-order valence-corrected chi connectivity index (χ4v) is 2.52. The number of hydrogen-bond acceptors (Lipinski definition) is 2. The monoisotopic (exact) mass is 384 g/mol. The summed E-state index contributed by atoms with van der Waals surface area (Å²) in [5, 5.41) is 11.0. The Balaban J connectivity index is 2.47. The maximum atomic E-state index is 11.0. The molecule has 19 heavy (non-hydrogen) atoms. The number of methoxy groups -OCH3 is 1. The largest absolute Gasteiger partial charge is 0.381 e. The van der Waals surface area contributed by atoms with E-state index in [1.54, 1.807) is 7.11 Å². The standard InChI is InChI=1S/C15H14Br2O2/c1-19-10-15(18,11-2-6-13(16)7-3-11)12-4-8-14(17)9-5-12/h2-9,18H,10H2,1H3. The molecule has 2 aromatic carbocycles. The van der Waals surface area contributed by atoms with Crippen LogP contribution in [0.15, 0.2) is 57.5 Å². The van der Waals surface area contributed by atoms with Crippen LogP contribution in [0.4, 0.5) is 0 Å². The molecule has 2 rings (SSSR count). The second kappa shape index (κ2) is 6.18. The second-order valence-electron chi connectivity index (χ2n) is 4.31. The number of halogens is 2. The molecule has 0 unspecified atom stereocenters. The molecule has 0 atom stereocenters. The van der Waals surface area contributed by atoms with E-state index in [0.717, 1.165) is 20.1 Å². The van der Waals surface area contributed by atoms with Crippen molar-refractivity contribution in [3.8, 4) is 0 Å². The van der Waals surface area contributed by atoms with Crippen LogP contribution in [0.3, 0.4) is 0 Å². The summed E-state index contributed by atoms with van der Waals surface area (Å²) in [4.78, 5) is 0. The van der Waals surface area contributed by atoms with Gasteiger partial charge in [0, 0.05) is 16.1 Å². The van der Waals surface area contributed by atoms with Gasteiger partial charge in [0.05, 0.1) is 6.61 Å². The van der Waals surface area contributed by atoms with E-state index in [4.69, 9.17) is 4.74 Å². The number of hydrogen-bond donors (Lipinski definition) is 1. The van der Waals surface area contributed by atoms with E-state index in [9.17, 15) is 5.11 Å². The minimum absolute atomic E-state index is 0.205. The molecule has 0 aliphatic carbocycles. The molecule has 0 aliphatic heterocycles. The van der Waals surface area contributed by atoms with E-state index in [1.165, 1.54) is 0 Å². The fraction of sp³-hybridized carbons (Fsp3) is 0.200. The van der Waals surface area contributed by atoms with Gasteiger partial charge in [-0.1, -0.05) is 56.1 Å². The molecule has 0 aliphatic rings. The Labute approximate surface area is 129 Å². The summed E-state index contributed by atoms with van der Waals surface area (Å²) in [5.41, 5.74) is 0.468. The molecular formula is C15H14Br2O2. The highest BCUT2D eigenvalue weighted by molar-refractivity contribution is 9.10. The Morgan fingerprint density at radius 1 is 0.895 bits per heavy atom. The number of benzene rings is 2. The third-order valence-electron chi connectivity index (χ3n) is 3.00. The van der Waals surface area contributed by atoms with Crippen LogP contribution in [0.25, 0.3) is 0 Å². The van der Waals surface area contributed by atoms with Crippen molar-refractivity contribution in [2.75, 3.05) is 13.7 Å². The average Bonchev–Trinajstić information content (AvgIpc) is 2.40. The molecule has 2 nitrogen and oxygen atoms in total. The van der Waals surface area contributed by atoms with E-state index < -0.39 is 5.60 Å². The molecule has 0 spiro atoms. The lowest BCUT2D eigenvalue weighted by Gasteiger charge is -2.28. The Bertz CT molecular complexity index is 490. The van der Waals surface area contributed by atoms with Gasteiger partial charge < -0.3 is 9.84 Å². The Morgan fingerprint density at radius 3 is 1.58 bits per heavy atom. The van der Waals surface area contributed by atoms with Gasteiger partial charge in [0.1, 0.15) is 5.60 Å². The molecule has 2 aromatic rings. The maximum Gasteiger partial charge on any atom is 0.138 e. The molecule has 0 saturated heterocycles. The van der Waals surface area contributed by atoms with Crippen LogP contribution in [-0.4, -0.2) is 18.8 Å². The van der Waals surface area contributed by atoms with Crippen LogP contribution in [0.5, 0.6) is 0 Å². The zero-order valence-corrected chi connectivity index (χ0v) is 13.6. The summed E-state index contributed by atoms with van der Waals surface area (Å²) < 4.78 is 7.16. The third kappa shape index (κ3) is 3.26. The lowest BCUT2D eigenvalue weighted by molar-refractivity contribution is -0.00329. The highest BCUT2D eigenvalue weighted by Crippen LogP contribution is 2.31. The summed E-state index contributed by atoms with van der Waals surface area (Å²) in [5.74, 6) is 0. The van der Waals surface area contributed by atoms with Gasteiger partial charge in [-0.25, -0.2) is 0 Å². The van der Waals surface area contributed by atoms with Gasteiger partial charge in [0.2, 0.25) is 0 Å². The average molecular weight is 386 g/mol. The van der Waals surface area contributed by atoms with Gasteiger partial charge in [-0.05, 0) is 35.4 Å². The van der Waals surface area contributed by atoms with E-state index in [-0.39, 0.29) is 6.61 Å². The van der Waals surface area contributed by atoms with Gasteiger partial charge in [0.15, 0.2) is 0 Å². The van der Waals surface area contributed by atoms with Gasteiger partial charge in [-0.15, -0.1) is 0 Å². The quantitative estimate of drug-likeness (QED) is 0.858. The Kier molecular flexibility index (Phi) is 4.79. The first-order valence-electron chi connectivity index (χ1n) is 5.79. The van der Waals surface area contributed by atoms with Crippen LogP contribution in [-0.2, 0) is 10.3 Å². The van der Waals surface area contributed by atoms with Crippen molar-refractivity contribution in [3.05, 3.63) is 68.6 Å². The summed E-state index contributed by atoms with van der Waals surface area (Å²) in [6, 6.07) is 15.2. The Morgan fingerprint density at radius 2 is 1.26 bits per heavy atom. The van der Waals surface area contributed by atoms with Crippen molar-refractivity contribution in [1.82, 2.24) is 0 Å². The Hall–Kier alpha value is -0.680. The lowest BCUT2D eigenvalue weighted by atomic mass is 9.87. The van der Waals surface area contributed by atoms with Crippen LogP contribution in [0.2, 0.25) is 0 Å². The molecule has 0 radical (unpaired) electrons. The van der Waals surface area contributed by atoms with Gasteiger partial charge in [-0.3, -0.25) is 0 Å². The zero-order chi connectivity index (χ0) is 13.9. The van der Waals surface area contributed by atoms with E-state index in [0.29, 0.717) is 0 Å². The summed E-state index contributed by atoms with van der Waals surface area (Å²) in [7, 11) is 1.59. The van der Waals surface area contributed by atoms with Gasteiger partial charge in [0.25, 0.3) is 0 Å². The fourth-order valence-electron chi connectivity index (χ4n) is 1.99. The topological polar surface area (TPSA) is 29.5 Å². The van der Waals surface area contributed by atoms with Crippen molar-refractivity contribution < 1.29 is 9.84 Å². The summed E-state index contributed by atoms with van der Waals surface area (Å²) in [6.07, 6.45) is 0. The maximum absolute atomic E-state index is 11.0. The van der Waals surface area contributed by atoms with Crippen LogP contribution < -0.4 is 0 Å². The van der Waals surface area contributed by atoms with Crippen LogP contribution in [0.1, 0.15) is 11.1 Å². The summed E-state index contributed by atoms with van der Waals surface area (Å²) in [6.45, 7) is 0.205.